The number of para-hydroxylation sites is 1. The molecule has 4 rings (SSSR count). The number of hydrogen-bond acceptors (Lipinski definition) is 6. The van der Waals surface area contributed by atoms with Crippen LogP contribution in [-0.4, -0.2) is 32.3 Å². The van der Waals surface area contributed by atoms with E-state index in [2.05, 4.69) is 5.32 Å². The summed E-state index contributed by atoms with van der Waals surface area (Å²) < 4.78 is 16.4. The predicted molar refractivity (Wildman–Crippen MR) is 118 cm³/mol. The molecule has 0 aliphatic rings. The number of nitrogens with one attached hydrogen (secondary N) is 1. The van der Waals surface area contributed by atoms with Crippen LogP contribution in [0.5, 0.6) is 11.5 Å². The van der Waals surface area contributed by atoms with Crippen molar-refractivity contribution in [1.29, 1.82) is 0 Å². The van der Waals surface area contributed by atoms with E-state index in [9.17, 15) is 9.59 Å². The summed E-state index contributed by atoms with van der Waals surface area (Å²) >= 11 is 0. The third-order valence-corrected chi connectivity index (χ3v) is 4.97. The molecule has 0 fully saturated rings. The maximum absolute atomic E-state index is 13.1. The molecule has 0 aliphatic heterocycles. The molecule has 3 aromatic carbocycles. The van der Waals surface area contributed by atoms with Crippen molar-refractivity contribution in [2.45, 2.75) is 0 Å². The highest BCUT2D eigenvalue weighted by molar-refractivity contribution is 6.15. The number of fused-ring (bicyclic) bond motifs is 1. The van der Waals surface area contributed by atoms with E-state index in [0.29, 0.717) is 33.9 Å². The normalized spacial score (nSPS) is 10.6. The summed E-state index contributed by atoms with van der Waals surface area (Å²) in [4.78, 5) is 25.9. The van der Waals surface area contributed by atoms with Gasteiger partial charge in [0.1, 0.15) is 5.58 Å². The van der Waals surface area contributed by atoms with Crippen LogP contribution in [0.3, 0.4) is 0 Å². The van der Waals surface area contributed by atoms with Crippen molar-refractivity contribution < 1.29 is 23.5 Å². The molecule has 31 heavy (non-hydrogen) atoms. The van der Waals surface area contributed by atoms with Crippen molar-refractivity contribution in [3.8, 4) is 11.5 Å². The molecule has 0 radical (unpaired) electrons. The first-order chi connectivity index (χ1) is 15.1. The highest BCUT2D eigenvalue weighted by Gasteiger charge is 2.22. The molecule has 0 amide bonds. The van der Waals surface area contributed by atoms with Crippen LogP contribution in [0.15, 0.2) is 77.2 Å². The van der Waals surface area contributed by atoms with E-state index in [1.165, 1.54) is 14.2 Å². The Labute approximate surface area is 179 Å². The van der Waals surface area contributed by atoms with Gasteiger partial charge in [-0.25, -0.2) is 0 Å². The van der Waals surface area contributed by atoms with E-state index in [1.807, 2.05) is 24.3 Å². The van der Waals surface area contributed by atoms with E-state index in [1.54, 1.807) is 48.5 Å². The third-order valence-electron chi connectivity index (χ3n) is 4.97. The second kappa shape index (κ2) is 8.75. The molecule has 6 heteroatoms. The van der Waals surface area contributed by atoms with Gasteiger partial charge in [0, 0.05) is 16.5 Å². The van der Waals surface area contributed by atoms with Gasteiger partial charge in [-0.05, 0) is 30.3 Å². The lowest BCUT2D eigenvalue weighted by molar-refractivity contribution is 0.0997. The Kier molecular flexibility index (Phi) is 5.71. The first kappa shape index (κ1) is 20.2. The zero-order valence-electron chi connectivity index (χ0n) is 17.2. The lowest BCUT2D eigenvalue weighted by atomic mass is 10.1. The van der Waals surface area contributed by atoms with Crippen molar-refractivity contribution in [3.63, 3.8) is 0 Å². The molecule has 1 heterocycles. The zero-order chi connectivity index (χ0) is 21.8. The second-order valence-electron chi connectivity index (χ2n) is 6.84. The molecule has 156 valence electrons. The van der Waals surface area contributed by atoms with Gasteiger partial charge in [-0.1, -0.05) is 42.5 Å². The molecule has 1 aromatic heterocycles. The fourth-order valence-electron chi connectivity index (χ4n) is 3.38. The van der Waals surface area contributed by atoms with E-state index in [-0.39, 0.29) is 23.9 Å². The Bertz CT molecular complexity index is 1240. The summed E-state index contributed by atoms with van der Waals surface area (Å²) in [5, 5.41) is 3.85. The van der Waals surface area contributed by atoms with Crippen molar-refractivity contribution >= 4 is 28.2 Å². The Morgan fingerprint density at radius 2 is 1.55 bits per heavy atom. The zero-order valence-corrected chi connectivity index (χ0v) is 17.2. The van der Waals surface area contributed by atoms with Gasteiger partial charge < -0.3 is 19.2 Å². The van der Waals surface area contributed by atoms with Crippen molar-refractivity contribution in [1.82, 2.24) is 0 Å². The quantitative estimate of drug-likeness (QED) is 0.409. The minimum Gasteiger partial charge on any atom is -0.493 e. The van der Waals surface area contributed by atoms with E-state index >= 15 is 0 Å². The molecule has 0 aliphatic carbocycles. The largest absolute Gasteiger partial charge is 0.493 e. The van der Waals surface area contributed by atoms with E-state index < -0.39 is 0 Å². The highest BCUT2D eigenvalue weighted by atomic mass is 16.5. The van der Waals surface area contributed by atoms with Crippen LogP contribution in [0.25, 0.3) is 11.0 Å². The summed E-state index contributed by atoms with van der Waals surface area (Å²) in [5.41, 5.74) is 2.05. The number of anilines is 1. The van der Waals surface area contributed by atoms with Crippen LogP contribution in [-0.2, 0) is 0 Å². The van der Waals surface area contributed by atoms with Gasteiger partial charge in [0.2, 0.25) is 5.78 Å². The molecule has 6 nitrogen and oxygen atoms in total. The third kappa shape index (κ3) is 4.00. The molecular weight excluding hydrogens is 394 g/mol. The maximum atomic E-state index is 13.1. The van der Waals surface area contributed by atoms with Crippen molar-refractivity contribution in [2.24, 2.45) is 0 Å². The highest BCUT2D eigenvalue weighted by Crippen LogP contribution is 2.33. The van der Waals surface area contributed by atoms with Crippen LogP contribution in [0, 0.1) is 0 Å². The Balaban J connectivity index is 1.64. The number of rotatable bonds is 8. The number of Topliss-reactive ketones (excluding diaryl/α,β-unsaturated/α-hetero) is 1. The lowest BCUT2D eigenvalue weighted by Crippen LogP contribution is -2.15. The lowest BCUT2D eigenvalue weighted by Gasteiger charge is -2.10. The van der Waals surface area contributed by atoms with Crippen LogP contribution in [0.1, 0.15) is 26.5 Å². The fourth-order valence-corrected chi connectivity index (χ4v) is 3.38. The number of carbonyl (C=O) groups is 2. The first-order valence-electron chi connectivity index (χ1n) is 9.72. The van der Waals surface area contributed by atoms with Gasteiger partial charge in [-0.2, -0.15) is 0 Å². The first-order valence-corrected chi connectivity index (χ1v) is 9.72. The van der Waals surface area contributed by atoms with Crippen LogP contribution in [0.4, 0.5) is 5.69 Å². The minimum absolute atomic E-state index is 0.0198. The van der Waals surface area contributed by atoms with Crippen LogP contribution < -0.4 is 14.8 Å². The Morgan fingerprint density at radius 1 is 0.839 bits per heavy atom. The Hall–Kier alpha value is -4.06. The monoisotopic (exact) mass is 415 g/mol. The van der Waals surface area contributed by atoms with Gasteiger partial charge >= 0.3 is 0 Å². The number of ether oxygens (including phenoxy) is 2. The molecule has 0 spiro atoms. The standard InChI is InChI=1S/C25H21NO5/c1-29-21-13-12-17(14-22(21)30-2)19(27)15-26-23-18-10-6-7-11-20(18)31-25(23)24(28)16-8-4-3-5-9-16/h3-14,26H,15H2,1-2H3. The van der Waals surface area contributed by atoms with Gasteiger partial charge in [0.05, 0.1) is 26.5 Å². The van der Waals surface area contributed by atoms with Crippen LogP contribution in [0.2, 0.25) is 0 Å². The minimum atomic E-state index is -0.252. The summed E-state index contributed by atoms with van der Waals surface area (Å²) in [6, 6.07) is 21.2. The predicted octanol–water partition coefficient (Wildman–Crippen LogP) is 4.98. The molecule has 0 atom stereocenters. The van der Waals surface area contributed by atoms with Gasteiger partial charge in [0.25, 0.3) is 0 Å². The number of carbonyl (C=O) groups excluding carboxylic acids is 2. The molecular formula is C25H21NO5. The summed E-state index contributed by atoms with van der Waals surface area (Å²) in [5.74, 6) is 0.778. The number of ketones is 2. The average Bonchev–Trinajstić information content (AvgIpc) is 3.20. The molecule has 0 unspecified atom stereocenters. The van der Waals surface area contributed by atoms with Gasteiger partial charge in [-0.3, -0.25) is 9.59 Å². The number of benzene rings is 3. The van der Waals surface area contributed by atoms with Gasteiger partial charge in [0.15, 0.2) is 23.0 Å². The summed E-state index contributed by atoms with van der Waals surface area (Å²) in [7, 11) is 3.06. The number of methoxy groups -OCH3 is 2. The maximum Gasteiger partial charge on any atom is 0.230 e. The number of furan rings is 1. The SMILES string of the molecule is COc1ccc(C(=O)CNc2c(C(=O)c3ccccc3)oc3ccccc23)cc1OC. The molecule has 1 N–H and O–H groups in total. The molecule has 0 saturated heterocycles. The Morgan fingerprint density at radius 3 is 2.29 bits per heavy atom. The fraction of sp³-hybridized carbons (Fsp3) is 0.120. The topological polar surface area (TPSA) is 77.8 Å². The van der Waals surface area contributed by atoms with Crippen LogP contribution >= 0.6 is 0 Å². The summed E-state index contributed by atoms with van der Waals surface area (Å²) in [6.45, 7) is -0.0198. The van der Waals surface area contributed by atoms with E-state index in [4.69, 9.17) is 13.9 Å². The molecule has 0 saturated carbocycles. The number of hydrogen-bond donors (Lipinski definition) is 1. The molecule has 4 aromatic rings. The van der Waals surface area contributed by atoms with Crippen molar-refractivity contribution in [3.05, 3.63) is 89.7 Å². The van der Waals surface area contributed by atoms with E-state index in [0.717, 1.165) is 5.39 Å². The van der Waals surface area contributed by atoms with Gasteiger partial charge in [-0.15, -0.1) is 0 Å². The second-order valence-corrected chi connectivity index (χ2v) is 6.84. The summed E-state index contributed by atoms with van der Waals surface area (Å²) in [6.07, 6.45) is 0. The smallest absolute Gasteiger partial charge is 0.230 e. The molecule has 0 bridgehead atoms. The average molecular weight is 415 g/mol. The van der Waals surface area contributed by atoms with Crippen molar-refractivity contribution in [2.75, 3.05) is 26.1 Å².